The van der Waals surface area contributed by atoms with Crippen molar-refractivity contribution in [1.82, 2.24) is 0 Å². The minimum atomic E-state index is -1.90. The standard InChI is InChI=1S/C31H57BrO4Si2/c1-30(2,3)37(7,8)35-27(20-14-16-24-32)22-23-28(36-38(9,10)31(4,5)6)21-15-17-25-34-29(33)26-18-12-11-13-19-26/h11-13,18-19,27-28H,14-17,20-25H2,1-10H3/t27-,28-/m1/s1. The van der Waals surface area contributed by atoms with Gasteiger partial charge in [0.15, 0.2) is 16.6 Å². The molecule has 0 saturated heterocycles. The van der Waals surface area contributed by atoms with Crippen LogP contribution in [0.2, 0.25) is 36.3 Å². The van der Waals surface area contributed by atoms with Crippen molar-refractivity contribution in [3.05, 3.63) is 35.9 Å². The molecule has 0 aliphatic carbocycles. The van der Waals surface area contributed by atoms with Gasteiger partial charge in [0.25, 0.3) is 0 Å². The molecule has 1 aromatic rings. The molecule has 38 heavy (non-hydrogen) atoms. The van der Waals surface area contributed by atoms with E-state index in [1.807, 2.05) is 18.2 Å². The van der Waals surface area contributed by atoms with E-state index in [1.165, 1.54) is 12.8 Å². The van der Waals surface area contributed by atoms with Crippen molar-refractivity contribution in [1.29, 1.82) is 0 Å². The largest absolute Gasteiger partial charge is 0.462 e. The molecule has 0 unspecified atom stereocenters. The average molecular weight is 630 g/mol. The van der Waals surface area contributed by atoms with Crippen LogP contribution in [0.4, 0.5) is 0 Å². The summed E-state index contributed by atoms with van der Waals surface area (Å²) in [6.45, 7) is 23.8. The Labute approximate surface area is 245 Å². The van der Waals surface area contributed by atoms with Gasteiger partial charge >= 0.3 is 5.97 Å². The number of ether oxygens (including phenoxy) is 1. The van der Waals surface area contributed by atoms with E-state index in [0.717, 1.165) is 43.9 Å². The third kappa shape index (κ3) is 12.8. The van der Waals surface area contributed by atoms with Crippen LogP contribution in [0.25, 0.3) is 0 Å². The maximum Gasteiger partial charge on any atom is 0.338 e. The lowest BCUT2D eigenvalue weighted by molar-refractivity contribution is 0.0491. The Hall–Kier alpha value is -0.476. The molecule has 0 spiro atoms. The smallest absolute Gasteiger partial charge is 0.338 e. The van der Waals surface area contributed by atoms with Gasteiger partial charge in [-0.05, 0) is 93.3 Å². The number of alkyl halides is 1. The van der Waals surface area contributed by atoms with Crippen LogP contribution in [0.5, 0.6) is 0 Å². The van der Waals surface area contributed by atoms with Crippen molar-refractivity contribution >= 4 is 38.5 Å². The molecular formula is C31H57BrO4Si2. The zero-order valence-electron chi connectivity index (χ0n) is 26.1. The molecule has 1 rings (SSSR count). The SMILES string of the molecule is CC(C)(C)[Si](C)(C)O[C@H](CCCCBr)CC[C@@H](CCCCOC(=O)c1ccccc1)O[Si](C)(C)C(C)(C)C. The second kappa shape index (κ2) is 16.1. The fraction of sp³-hybridized carbons (Fsp3) is 0.774. The number of hydrogen-bond donors (Lipinski definition) is 0. The maximum absolute atomic E-state index is 12.3. The van der Waals surface area contributed by atoms with E-state index in [4.69, 9.17) is 13.6 Å². The minimum Gasteiger partial charge on any atom is -0.462 e. The van der Waals surface area contributed by atoms with Crippen molar-refractivity contribution < 1.29 is 18.4 Å². The van der Waals surface area contributed by atoms with Crippen LogP contribution in [0.3, 0.4) is 0 Å². The van der Waals surface area contributed by atoms with Gasteiger partial charge in [-0.3, -0.25) is 0 Å². The van der Waals surface area contributed by atoms with Gasteiger partial charge in [0, 0.05) is 17.5 Å². The van der Waals surface area contributed by atoms with E-state index >= 15 is 0 Å². The molecule has 4 nitrogen and oxygen atoms in total. The van der Waals surface area contributed by atoms with Gasteiger partial charge in [0.05, 0.1) is 12.2 Å². The Morgan fingerprint density at radius 1 is 0.737 bits per heavy atom. The topological polar surface area (TPSA) is 44.8 Å². The second-order valence-electron chi connectivity index (χ2n) is 13.8. The first kappa shape index (κ1) is 35.6. The zero-order valence-corrected chi connectivity index (χ0v) is 29.7. The summed E-state index contributed by atoms with van der Waals surface area (Å²) < 4.78 is 19.4. The van der Waals surface area contributed by atoms with Gasteiger partial charge in [-0.25, -0.2) is 4.79 Å². The minimum absolute atomic E-state index is 0.170. The number of esters is 1. The third-order valence-corrected chi connectivity index (χ3v) is 18.0. The number of halogens is 1. The van der Waals surface area contributed by atoms with Crippen LogP contribution < -0.4 is 0 Å². The Bertz CT molecular complexity index is 800. The van der Waals surface area contributed by atoms with Crippen LogP contribution in [0.1, 0.15) is 103 Å². The van der Waals surface area contributed by atoms with Crippen molar-refractivity contribution in [2.24, 2.45) is 0 Å². The summed E-state index contributed by atoms with van der Waals surface area (Å²) in [7, 11) is -3.75. The van der Waals surface area contributed by atoms with Crippen molar-refractivity contribution in [2.75, 3.05) is 11.9 Å². The Kier molecular flexibility index (Phi) is 15.1. The van der Waals surface area contributed by atoms with Gasteiger partial charge in [0.2, 0.25) is 0 Å². The van der Waals surface area contributed by atoms with Crippen molar-refractivity contribution in [2.45, 2.75) is 141 Å². The fourth-order valence-corrected chi connectivity index (χ4v) is 7.09. The molecular weight excluding hydrogens is 572 g/mol. The van der Waals surface area contributed by atoms with Gasteiger partial charge in [-0.15, -0.1) is 0 Å². The Balaban J connectivity index is 2.80. The van der Waals surface area contributed by atoms with Gasteiger partial charge < -0.3 is 13.6 Å². The molecule has 0 radical (unpaired) electrons. The lowest BCUT2D eigenvalue weighted by Gasteiger charge is -2.41. The zero-order chi connectivity index (χ0) is 29.0. The maximum atomic E-state index is 12.3. The monoisotopic (exact) mass is 628 g/mol. The molecule has 7 heteroatoms. The average Bonchev–Trinajstić information content (AvgIpc) is 2.80. The lowest BCUT2D eigenvalue weighted by atomic mass is 10.0. The lowest BCUT2D eigenvalue weighted by Crippen LogP contribution is -2.45. The molecule has 0 aliphatic heterocycles. The molecule has 220 valence electrons. The van der Waals surface area contributed by atoms with Crippen LogP contribution in [0, 0.1) is 0 Å². The predicted molar refractivity (Wildman–Crippen MR) is 172 cm³/mol. The van der Waals surface area contributed by atoms with E-state index in [2.05, 4.69) is 83.7 Å². The highest BCUT2D eigenvalue weighted by Crippen LogP contribution is 2.40. The molecule has 0 aromatic heterocycles. The number of unbranched alkanes of at least 4 members (excludes halogenated alkanes) is 2. The van der Waals surface area contributed by atoms with E-state index in [0.29, 0.717) is 12.2 Å². The van der Waals surface area contributed by atoms with Crippen molar-refractivity contribution in [3.8, 4) is 0 Å². The molecule has 0 heterocycles. The second-order valence-corrected chi connectivity index (χ2v) is 24.1. The van der Waals surface area contributed by atoms with Crippen LogP contribution in [0.15, 0.2) is 30.3 Å². The van der Waals surface area contributed by atoms with E-state index < -0.39 is 16.6 Å². The quantitative estimate of drug-likeness (QED) is 0.0745. The first-order valence-corrected chi connectivity index (χ1v) is 21.6. The summed E-state index contributed by atoms with van der Waals surface area (Å²) in [6.07, 6.45) is 8.86. The van der Waals surface area contributed by atoms with Gasteiger partial charge in [0.1, 0.15) is 0 Å². The number of carbonyl (C=O) groups excluding carboxylic acids is 1. The van der Waals surface area contributed by atoms with E-state index in [9.17, 15) is 4.79 Å². The highest BCUT2D eigenvalue weighted by atomic mass is 79.9. The van der Waals surface area contributed by atoms with E-state index in [1.54, 1.807) is 12.1 Å². The number of rotatable bonds is 17. The van der Waals surface area contributed by atoms with Gasteiger partial charge in [-0.1, -0.05) is 82.1 Å². The van der Waals surface area contributed by atoms with Crippen LogP contribution in [-0.4, -0.2) is 46.7 Å². The van der Waals surface area contributed by atoms with Crippen molar-refractivity contribution in [3.63, 3.8) is 0 Å². The molecule has 0 amide bonds. The normalized spacial score (nSPS) is 14.8. The molecule has 0 N–H and O–H groups in total. The third-order valence-electron chi connectivity index (χ3n) is 8.42. The summed E-state index contributed by atoms with van der Waals surface area (Å²) in [5, 5.41) is 1.42. The molecule has 0 saturated carbocycles. The number of carbonyl (C=O) groups is 1. The molecule has 0 aliphatic rings. The molecule has 0 bridgehead atoms. The molecule has 2 atom stereocenters. The predicted octanol–water partition coefficient (Wildman–Crippen LogP) is 10.1. The van der Waals surface area contributed by atoms with Crippen LogP contribution in [-0.2, 0) is 13.6 Å². The molecule has 0 fully saturated rings. The highest BCUT2D eigenvalue weighted by molar-refractivity contribution is 9.09. The first-order valence-electron chi connectivity index (χ1n) is 14.6. The summed E-state index contributed by atoms with van der Waals surface area (Å²) in [4.78, 5) is 12.3. The highest BCUT2D eigenvalue weighted by Gasteiger charge is 2.40. The first-order chi connectivity index (χ1) is 17.5. The summed E-state index contributed by atoms with van der Waals surface area (Å²) in [5.41, 5.74) is 0.610. The Morgan fingerprint density at radius 2 is 1.18 bits per heavy atom. The van der Waals surface area contributed by atoms with Gasteiger partial charge in [-0.2, -0.15) is 0 Å². The number of hydrogen-bond acceptors (Lipinski definition) is 4. The molecule has 1 aromatic carbocycles. The number of benzene rings is 1. The van der Waals surface area contributed by atoms with E-state index in [-0.39, 0.29) is 28.3 Å². The Morgan fingerprint density at radius 3 is 1.61 bits per heavy atom. The summed E-state index contributed by atoms with van der Waals surface area (Å²) in [6, 6.07) is 9.23. The van der Waals surface area contributed by atoms with Crippen LogP contribution >= 0.6 is 15.9 Å². The fourth-order valence-electron chi connectivity index (χ4n) is 3.85. The summed E-state index contributed by atoms with van der Waals surface area (Å²) >= 11 is 3.59. The summed E-state index contributed by atoms with van der Waals surface area (Å²) in [5.74, 6) is -0.242.